The minimum atomic E-state index is 0.621. The van der Waals surface area contributed by atoms with Gasteiger partial charge in [0, 0.05) is 17.3 Å². The van der Waals surface area contributed by atoms with Gasteiger partial charge in [-0.15, -0.1) is 0 Å². The molecule has 3 aromatic rings. The lowest BCUT2D eigenvalue weighted by Gasteiger charge is -1.98. The highest BCUT2D eigenvalue weighted by Crippen LogP contribution is 2.09. The first-order chi connectivity index (χ1) is 9.78. The molecule has 2 heterocycles. The van der Waals surface area contributed by atoms with Crippen LogP contribution in [0.2, 0.25) is 0 Å². The number of hydrogen-bond acceptors (Lipinski definition) is 3. The number of fused-ring (bicyclic) bond motifs is 1. The Hall–Kier alpha value is -2.93. The lowest BCUT2D eigenvalue weighted by Crippen LogP contribution is -1.92. The monoisotopic (exact) mass is 261 g/mol. The fourth-order valence-corrected chi connectivity index (χ4v) is 1.89. The van der Waals surface area contributed by atoms with E-state index in [0.29, 0.717) is 5.56 Å². The van der Waals surface area contributed by atoms with Crippen LogP contribution in [-0.2, 0) is 0 Å². The maximum atomic E-state index is 10.8. The van der Waals surface area contributed by atoms with Gasteiger partial charge in [0.1, 0.15) is 12.0 Å². The number of aldehydes is 1. The Morgan fingerprint density at radius 2 is 2.15 bits per heavy atom. The van der Waals surface area contributed by atoms with E-state index >= 15 is 0 Å². The molecule has 20 heavy (non-hydrogen) atoms. The number of imidazole rings is 1. The standard InChI is InChI=1S/C16H11N3O/c1-12-4-5-13(11-20)9-14(12)6-7-15-10-17-16-3-2-8-18-19(15)16/h2-5,8-11H,1H3. The number of benzene rings is 1. The molecule has 0 atom stereocenters. The Morgan fingerprint density at radius 1 is 1.25 bits per heavy atom. The van der Waals surface area contributed by atoms with Crippen molar-refractivity contribution >= 4 is 11.9 Å². The molecule has 1 aromatic carbocycles. The summed E-state index contributed by atoms with van der Waals surface area (Å²) in [5, 5.41) is 4.21. The summed E-state index contributed by atoms with van der Waals surface area (Å²) in [7, 11) is 0. The summed E-state index contributed by atoms with van der Waals surface area (Å²) >= 11 is 0. The molecule has 0 N–H and O–H groups in total. The first-order valence-electron chi connectivity index (χ1n) is 6.14. The predicted octanol–water partition coefficient (Wildman–Crippen LogP) is 2.25. The lowest BCUT2D eigenvalue weighted by atomic mass is 10.1. The van der Waals surface area contributed by atoms with Crippen LogP contribution in [-0.4, -0.2) is 20.9 Å². The molecular formula is C16H11N3O. The zero-order chi connectivity index (χ0) is 13.9. The SMILES string of the molecule is Cc1ccc(C=O)cc1C#Cc1cnc2cccnn12. The van der Waals surface area contributed by atoms with Gasteiger partial charge in [-0.2, -0.15) is 5.10 Å². The number of nitrogens with zero attached hydrogens (tertiary/aromatic N) is 3. The van der Waals surface area contributed by atoms with Gasteiger partial charge in [0.15, 0.2) is 5.65 Å². The number of aromatic nitrogens is 3. The maximum Gasteiger partial charge on any atom is 0.154 e. The van der Waals surface area contributed by atoms with Crippen molar-refractivity contribution in [3.63, 3.8) is 0 Å². The second-order valence-corrected chi connectivity index (χ2v) is 4.38. The van der Waals surface area contributed by atoms with Crippen LogP contribution in [0.4, 0.5) is 0 Å². The molecule has 96 valence electrons. The van der Waals surface area contributed by atoms with Gasteiger partial charge in [-0.25, -0.2) is 9.50 Å². The number of carbonyl (C=O) groups is 1. The molecule has 3 rings (SSSR count). The first-order valence-corrected chi connectivity index (χ1v) is 6.14. The summed E-state index contributed by atoms with van der Waals surface area (Å²) in [4.78, 5) is 15.0. The van der Waals surface area contributed by atoms with Gasteiger partial charge in [-0.3, -0.25) is 4.79 Å². The highest BCUT2D eigenvalue weighted by atomic mass is 16.1. The van der Waals surface area contributed by atoms with Gasteiger partial charge >= 0.3 is 0 Å². The van der Waals surface area contributed by atoms with Crippen LogP contribution in [0.1, 0.15) is 27.2 Å². The molecule has 0 aliphatic carbocycles. The van der Waals surface area contributed by atoms with E-state index in [2.05, 4.69) is 21.9 Å². The van der Waals surface area contributed by atoms with Crippen LogP contribution in [0.3, 0.4) is 0 Å². The topological polar surface area (TPSA) is 47.3 Å². The molecule has 0 fully saturated rings. The number of carbonyl (C=O) groups excluding carboxylic acids is 1. The molecule has 2 aromatic heterocycles. The Bertz CT molecular complexity index is 853. The number of hydrogen-bond donors (Lipinski definition) is 0. The molecule has 0 amide bonds. The zero-order valence-electron chi connectivity index (χ0n) is 10.9. The first kappa shape index (κ1) is 12.1. The summed E-state index contributed by atoms with van der Waals surface area (Å²) in [5.74, 6) is 6.12. The third kappa shape index (κ3) is 2.17. The third-order valence-electron chi connectivity index (χ3n) is 3.00. The van der Waals surface area contributed by atoms with E-state index in [0.717, 1.165) is 28.8 Å². The Morgan fingerprint density at radius 3 is 3.00 bits per heavy atom. The highest BCUT2D eigenvalue weighted by Gasteiger charge is 2.00. The largest absolute Gasteiger partial charge is 0.298 e. The van der Waals surface area contributed by atoms with Crippen LogP contribution >= 0.6 is 0 Å². The van der Waals surface area contributed by atoms with Gasteiger partial charge in [0.05, 0.1) is 6.20 Å². The van der Waals surface area contributed by atoms with Crippen molar-refractivity contribution in [3.05, 3.63) is 65.1 Å². The molecule has 4 heteroatoms. The van der Waals surface area contributed by atoms with Crippen LogP contribution in [0.5, 0.6) is 0 Å². The average Bonchev–Trinajstić information content (AvgIpc) is 2.90. The normalized spacial score (nSPS) is 10.1. The van der Waals surface area contributed by atoms with Gasteiger partial charge < -0.3 is 0 Å². The molecule has 0 saturated heterocycles. The maximum absolute atomic E-state index is 10.8. The van der Waals surface area contributed by atoms with Gasteiger partial charge in [0.25, 0.3) is 0 Å². The van der Waals surface area contributed by atoms with E-state index in [4.69, 9.17) is 0 Å². The molecule has 0 spiro atoms. The van der Waals surface area contributed by atoms with E-state index in [-0.39, 0.29) is 0 Å². The van der Waals surface area contributed by atoms with E-state index in [1.54, 1.807) is 29.0 Å². The summed E-state index contributed by atoms with van der Waals surface area (Å²) in [6, 6.07) is 9.16. The quantitative estimate of drug-likeness (QED) is 0.498. The summed E-state index contributed by atoms with van der Waals surface area (Å²) in [6.45, 7) is 1.96. The number of aryl methyl sites for hydroxylation is 1. The summed E-state index contributed by atoms with van der Waals surface area (Å²) in [5.41, 5.74) is 3.97. The van der Waals surface area contributed by atoms with Crippen molar-refractivity contribution in [3.8, 4) is 11.8 Å². The van der Waals surface area contributed by atoms with Crippen molar-refractivity contribution in [2.24, 2.45) is 0 Å². The molecule has 0 saturated carbocycles. The van der Waals surface area contributed by atoms with Crippen molar-refractivity contribution < 1.29 is 4.79 Å². The average molecular weight is 261 g/mol. The van der Waals surface area contributed by atoms with Crippen LogP contribution in [0, 0.1) is 18.8 Å². The Kier molecular flexibility index (Phi) is 3.02. The highest BCUT2D eigenvalue weighted by molar-refractivity contribution is 5.76. The molecule has 0 unspecified atom stereocenters. The van der Waals surface area contributed by atoms with Gasteiger partial charge in [0.2, 0.25) is 0 Å². The van der Waals surface area contributed by atoms with Gasteiger partial charge in [-0.1, -0.05) is 18.1 Å². The molecule has 0 aliphatic heterocycles. The third-order valence-corrected chi connectivity index (χ3v) is 3.00. The van der Waals surface area contributed by atoms with E-state index in [1.807, 2.05) is 25.1 Å². The predicted molar refractivity (Wildman–Crippen MR) is 75.5 cm³/mol. The Labute approximate surface area is 116 Å². The Balaban J connectivity index is 2.06. The van der Waals surface area contributed by atoms with Crippen LogP contribution in [0.25, 0.3) is 5.65 Å². The minimum Gasteiger partial charge on any atom is -0.298 e. The van der Waals surface area contributed by atoms with Crippen molar-refractivity contribution in [1.82, 2.24) is 14.6 Å². The second kappa shape index (κ2) is 4.98. The molecular weight excluding hydrogens is 250 g/mol. The van der Waals surface area contributed by atoms with Crippen molar-refractivity contribution in [1.29, 1.82) is 0 Å². The van der Waals surface area contributed by atoms with E-state index in [9.17, 15) is 4.79 Å². The fourth-order valence-electron chi connectivity index (χ4n) is 1.89. The van der Waals surface area contributed by atoms with Crippen molar-refractivity contribution in [2.45, 2.75) is 6.92 Å². The molecule has 0 bridgehead atoms. The molecule has 0 radical (unpaired) electrons. The van der Waals surface area contributed by atoms with E-state index < -0.39 is 0 Å². The van der Waals surface area contributed by atoms with E-state index in [1.165, 1.54) is 0 Å². The molecule has 0 aliphatic rings. The molecule has 4 nitrogen and oxygen atoms in total. The lowest BCUT2D eigenvalue weighted by molar-refractivity contribution is 0.112. The van der Waals surface area contributed by atoms with Crippen LogP contribution < -0.4 is 0 Å². The summed E-state index contributed by atoms with van der Waals surface area (Å²) < 4.78 is 1.69. The second-order valence-electron chi connectivity index (χ2n) is 4.38. The van der Waals surface area contributed by atoms with Gasteiger partial charge in [-0.05, 0) is 36.6 Å². The smallest absolute Gasteiger partial charge is 0.154 e. The van der Waals surface area contributed by atoms with Crippen LogP contribution in [0.15, 0.2) is 42.7 Å². The number of rotatable bonds is 1. The zero-order valence-corrected chi connectivity index (χ0v) is 10.9. The van der Waals surface area contributed by atoms with Crippen molar-refractivity contribution in [2.75, 3.05) is 0 Å². The summed E-state index contributed by atoms with van der Waals surface area (Å²) in [6.07, 6.45) is 4.20. The fraction of sp³-hybridized carbons (Fsp3) is 0.0625. The minimum absolute atomic E-state index is 0.621.